The summed E-state index contributed by atoms with van der Waals surface area (Å²) in [6.07, 6.45) is 0. The van der Waals surface area contributed by atoms with Crippen molar-refractivity contribution in [3.63, 3.8) is 0 Å². The smallest absolute Gasteiger partial charge is 0.127 e. The molecule has 2 N–H and O–H groups in total. The van der Waals surface area contributed by atoms with Gasteiger partial charge in [0.15, 0.2) is 0 Å². The number of hydrogen-bond acceptors (Lipinski definition) is 6. The van der Waals surface area contributed by atoms with E-state index in [1.165, 1.54) is 0 Å². The predicted molar refractivity (Wildman–Crippen MR) is 79.2 cm³/mol. The summed E-state index contributed by atoms with van der Waals surface area (Å²) in [7, 11) is 3.27. The molecule has 0 aliphatic carbocycles. The maximum atomic E-state index is 9.38. The van der Waals surface area contributed by atoms with Crippen LogP contribution in [0.25, 0.3) is 0 Å². The topological polar surface area (TPSA) is 58.9 Å². The first kappa shape index (κ1) is 14.8. The van der Waals surface area contributed by atoms with Gasteiger partial charge in [-0.3, -0.25) is 0 Å². The first-order valence-electron chi connectivity index (χ1n) is 5.98. The fourth-order valence-electron chi connectivity index (χ4n) is 2.09. The van der Waals surface area contributed by atoms with Gasteiger partial charge >= 0.3 is 0 Å². The summed E-state index contributed by atoms with van der Waals surface area (Å²) in [5.41, 5.74) is 0.983. The van der Waals surface area contributed by atoms with E-state index in [0.717, 1.165) is 17.1 Å². The Labute approximate surface area is 121 Å². The second-order valence-corrected chi connectivity index (χ2v) is 7.12. The van der Waals surface area contributed by atoms with Crippen molar-refractivity contribution >= 4 is 23.5 Å². The molecule has 1 fully saturated rings. The molecule has 4 nitrogen and oxygen atoms in total. The molecule has 1 heterocycles. The van der Waals surface area contributed by atoms with E-state index < -0.39 is 0 Å². The fourth-order valence-corrected chi connectivity index (χ4v) is 5.66. The normalized spacial score (nSPS) is 26.4. The molecular weight excluding hydrogens is 284 g/mol. The Morgan fingerprint density at radius 3 is 1.84 bits per heavy atom. The summed E-state index contributed by atoms with van der Waals surface area (Å²) in [6.45, 7) is 0.133. The van der Waals surface area contributed by atoms with Gasteiger partial charge in [-0.05, 0) is 12.1 Å². The van der Waals surface area contributed by atoms with Crippen molar-refractivity contribution in [1.29, 1.82) is 0 Å². The zero-order valence-corrected chi connectivity index (χ0v) is 12.5. The summed E-state index contributed by atoms with van der Waals surface area (Å²) in [5, 5.41) is 18.8. The van der Waals surface area contributed by atoms with Crippen LogP contribution in [0, 0.1) is 0 Å². The Balaban J connectivity index is 2.32. The quantitative estimate of drug-likeness (QED) is 0.866. The molecule has 1 aromatic rings. The highest BCUT2D eigenvalue weighted by atomic mass is 32.2. The molecule has 0 bridgehead atoms. The number of methoxy groups -OCH3 is 2. The van der Waals surface area contributed by atoms with Gasteiger partial charge in [0.1, 0.15) is 11.5 Å². The van der Waals surface area contributed by atoms with Crippen molar-refractivity contribution in [3.8, 4) is 11.5 Å². The highest BCUT2D eigenvalue weighted by Crippen LogP contribution is 2.57. The molecule has 0 saturated carbocycles. The van der Waals surface area contributed by atoms with Gasteiger partial charge in [0.2, 0.25) is 0 Å². The number of thioether (sulfide) groups is 2. The zero-order valence-electron chi connectivity index (χ0n) is 10.9. The van der Waals surface area contributed by atoms with Crippen LogP contribution in [-0.2, 0) is 0 Å². The standard InChI is InChI=1S/C13H18O4S2/c1-16-8-4-3-5-9(17-2)12(8)13-18-10(6-14)11(7-15)19-13/h3-5,10-11,13-15H,6-7H2,1-2H3. The minimum Gasteiger partial charge on any atom is -0.496 e. The molecule has 0 amide bonds. The third kappa shape index (κ3) is 2.97. The molecule has 2 rings (SSSR count). The predicted octanol–water partition coefficient (Wildman–Crippen LogP) is 1.90. The molecule has 6 heteroatoms. The summed E-state index contributed by atoms with van der Waals surface area (Å²) in [4.78, 5) is 0. The van der Waals surface area contributed by atoms with Gasteiger partial charge in [-0.15, -0.1) is 23.5 Å². The second-order valence-electron chi connectivity index (χ2n) is 4.12. The molecule has 0 spiro atoms. The number of rotatable bonds is 5. The number of hydrogen-bond donors (Lipinski definition) is 2. The molecular formula is C13H18O4S2. The summed E-state index contributed by atoms with van der Waals surface area (Å²) < 4.78 is 10.9. The van der Waals surface area contributed by atoms with Gasteiger partial charge in [-0.25, -0.2) is 0 Å². The molecule has 1 aliphatic rings. The van der Waals surface area contributed by atoms with Crippen molar-refractivity contribution in [1.82, 2.24) is 0 Å². The van der Waals surface area contributed by atoms with Crippen LogP contribution in [0.15, 0.2) is 18.2 Å². The number of benzene rings is 1. The van der Waals surface area contributed by atoms with Crippen LogP contribution in [-0.4, -0.2) is 48.1 Å². The van der Waals surface area contributed by atoms with Crippen molar-refractivity contribution in [2.24, 2.45) is 0 Å². The van der Waals surface area contributed by atoms with Crippen LogP contribution in [0.1, 0.15) is 10.1 Å². The Morgan fingerprint density at radius 2 is 1.47 bits per heavy atom. The van der Waals surface area contributed by atoms with Gasteiger partial charge in [0.25, 0.3) is 0 Å². The molecule has 2 atom stereocenters. The van der Waals surface area contributed by atoms with E-state index in [1.54, 1.807) is 37.7 Å². The Hall–Kier alpha value is -0.560. The van der Waals surface area contributed by atoms with Gasteiger partial charge < -0.3 is 19.7 Å². The third-order valence-corrected chi connectivity index (χ3v) is 6.53. The van der Waals surface area contributed by atoms with E-state index in [4.69, 9.17) is 9.47 Å². The average molecular weight is 302 g/mol. The molecule has 0 aromatic heterocycles. The Bertz CT molecular complexity index is 393. The monoisotopic (exact) mass is 302 g/mol. The number of aliphatic hydroxyl groups is 2. The van der Waals surface area contributed by atoms with E-state index in [9.17, 15) is 10.2 Å². The van der Waals surface area contributed by atoms with Gasteiger partial charge in [-0.1, -0.05) is 6.07 Å². The Morgan fingerprint density at radius 1 is 1.00 bits per heavy atom. The van der Waals surface area contributed by atoms with E-state index in [0.29, 0.717) is 0 Å². The minimum atomic E-state index is 0.0367. The van der Waals surface area contributed by atoms with Crippen LogP contribution in [0.4, 0.5) is 0 Å². The van der Waals surface area contributed by atoms with Crippen molar-refractivity contribution < 1.29 is 19.7 Å². The lowest BCUT2D eigenvalue weighted by Gasteiger charge is -2.17. The van der Waals surface area contributed by atoms with E-state index in [-0.39, 0.29) is 28.3 Å². The van der Waals surface area contributed by atoms with Gasteiger partial charge in [0.05, 0.1) is 37.6 Å². The molecule has 0 radical (unpaired) electrons. The minimum absolute atomic E-state index is 0.0367. The lowest BCUT2D eigenvalue weighted by atomic mass is 10.2. The maximum absolute atomic E-state index is 9.38. The van der Waals surface area contributed by atoms with Crippen LogP contribution in [0.2, 0.25) is 0 Å². The third-order valence-electron chi connectivity index (χ3n) is 3.07. The zero-order chi connectivity index (χ0) is 13.8. The first-order valence-corrected chi connectivity index (χ1v) is 7.87. The Kier molecular flexibility index (Phi) is 5.27. The number of ether oxygens (including phenoxy) is 2. The van der Waals surface area contributed by atoms with Gasteiger partial charge in [-0.2, -0.15) is 0 Å². The van der Waals surface area contributed by atoms with Crippen molar-refractivity contribution in [2.75, 3.05) is 27.4 Å². The lowest BCUT2D eigenvalue weighted by molar-refractivity contribution is 0.254. The highest BCUT2D eigenvalue weighted by molar-refractivity contribution is 8.20. The highest BCUT2D eigenvalue weighted by Gasteiger charge is 2.38. The van der Waals surface area contributed by atoms with E-state index in [2.05, 4.69) is 0 Å². The SMILES string of the molecule is COc1cccc(OC)c1C1SC(CO)C(CO)S1. The molecule has 1 aromatic carbocycles. The molecule has 19 heavy (non-hydrogen) atoms. The molecule has 106 valence electrons. The van der Waals surface area contributed by atoms with Crippen molar-refractivity contribution in [2.45, 2.75) is 15.1 Å². The molecule has 1 aliphatic heterocycles. The van der Waals surface area contributed by atoms with E-state index >= 15 is 0 Å². The lowest BCUT2D eigenvalue weighted by Crippen LogP contribution is -2.22. The van der Waals surface area contributed by atoms with Crippen LogP contribution in [0.5, 0.6) is 11.5 Å². The average Bonchev–Trinajstić information content (AvgIpc) is 2.89. The fraction of sp³-hybridized carbons (Fsp3) is 0.538. The first-order chi connectivity index (χ1) is 9.24. The van der Waals surface area contributed by atoms with Crippen LogP contribution in [0.3, 0.4) is 0 Å². The summed E-state index contributed by atoms with van der Waals surface area (Å²) >= 11 is 3.30. The largest absolute Gasteiger partial charge is 0.496 e. The number of aliphatic hydroxyl groups excluding tert-OH is 2. The summed E-state index contributed by atoms with van der Waals surface area (Å²) in [5.74, 6) is 1.55. The van der Waals surface area contributed by atoms with E-state index in [1.807, 2.05) is 18.2 Å². The second kappa shape index (κ2) is 6.74. The van der Waals surface area contributed by atoms with Crippen molar-refractivity contribution in [3.05, 3.63) is 23.8 Å². The molecule has 1 saturated heterocycles. The summed E-state index contributed by atoms with van der Waals surface area (Å²) in [6, 6.07) is 5.69. The molecule has 2 unspecified atom stereocenters. The van der Waals surface area contributed by atoms with Gasteiger partial charge in [0, 0.05) is 10.5 Å². The van der Waals surface area contributed by atoms with Crippen LogP contribution < -0.4 is 9.47 Å². The maximum Gasteiger partial charge on any atom is 0.127 e. The van der Waals surface area contributed by atoms with Crippen LogP contribution >= 0.6 is 23.5 Å².